The zero-order chi connectivity index (χ0) is 19.7. The lowest BCUT2D eigenvalue weighted by atomic mass is 9.85. The van der Waals surface area contributed by atoms with Gasteiger partial charge in [0.15, 0.2) is 8.46 Å². The van der Waals surface area contributed by atoms with Crippen molar-refractivity contribution in [1.29, 1.82) is 0 Å². The molecule has 1 aromatic carbocycles. The fourth-order valence-corrected chi connectivity index (χ4v) is 5.20. The highest BCUT2D eigenvalue weighted by atomic mass is 32.2. The minimum absolute atomic E-state index is 0.0264. The van der Waals surface area contributed by atoms with E-state index in [4.69, 9.17) is 8.92 Å². The Hall–Kier alpha value is -0.970. The van der Waals surface area contributed by atoms with Crippen LogP contribution in [0.25, 0.3) is 0 Å². The largest absolute Gasteiger partial charge is 0.492 e. The van der Waals surface area contributed by atoms with E-state index in [0.29, 0.717) is 18.8 Å². The zero-order valence-corrected chi connectivity index (χ0v) is 18.1. The van der Waals surface area contributed by atoms with Gasteiger partial charge < -0.3 is 4.74 Å². The van der Waals surface area contributed by atoms with Crippen molar-refractivity contribution in [2.45, 2.75) is 75.8 Å². The first-order valence-corrected chi connectivity index (χ1v) is 12.2. The van der Waals surface area contributed by atoms with E-state index in [0.717, 1.165) is 24.3 Å². The summed E-state index contributed by atoms with van der Waals surface area (Å²) in [6.07, 6.45) is 9.35. The van der Waals surface area contributed by atoms with Crippen LogP contribution in [-0.4, -0.2) is 27.3 Å². The molecule has 0 aromatic heterocycles. The van der Waals surface area contributed by atoms with Crippen molar-refractivity contribution in [3.05, 3.63) is 23.8 Å². The second-order valence-corrected chi connectivity index (χ2v) is 9.84. The topological polar surface area (TPSA) is 69.7 Å². The molecule has 0 radical (unpaired) electrons. The summed E-state index contributed by atoms with van der Waals surface area (Å²) >= 11 is 0. The van der Waals surface area contributed by atoms with E-state index >= 15 is 0 Å². The molecule has 0 saturated heterocycles. The van der Waals surface area contributed by atoms with Crippen LogP contribution in [0.2, 0.25) is 0 Å². The van der Waals surface area contributed by atoms with Crippen LogP contribution in [0, 0.1) is 12.8 Å². The molecule has 2 rings (SSSR count). The minimum atomic E-state index is -3.95. The zero-order valence-electron chi connectivity index (χ0n) is 16.4. The third-order valence-corrected chi connectivity index (χ3v) is 7.14. The van der Waals surface area contributed by atoms with Crippen molar-refractivity contribution >= 4 is 18.6 Å². The molecule has 7 heteroatoms. The number of hydrogen-bond donors (Lipinski definition) is 0. The van der Waals surface area contributed by atoms with E-state index in [1.165, 1.54) is 38.2 Å². The predicted octanol–water partition coefficient (Wildman–Crippen LogP) is 5.51. The smallest absolute Gasteiger partial charge is 0.300 e. The average Bonchev–Trinajstić information content (AvgIpc) is 2.65. The van der Waals surface area contributed by atoms with Crippen LogP contribution in [0.15, 0.2) is 23.1 Å². The highest BCUT2D eigenvalue weighted by Gasteiger charge is 2.23. The van der Waals surface area contributed by atoms with E-state index in [1.807, 2.05) is 6.92 Å². The van der Waals surface area contributed by atoms with Crippen LogP contribution in [0.4, 0.5) is 0 Å². The molecule has 27 heavy (non-hydrogen) atoms. The molecule has 1 unspecified atom stereocenters. The lowest BCUT2D eigenvalue weighted by molar-refractivity contribution is 0.292. The third kappa shape index (κ3) is 7.17. The summed E-state index contributed by atoms with van der Waals surface area (Å²) in [5.41, 5.74) is 0.612. The summed E-state index contributed by atoms with van der Waals surface area (Å²) in [6, 6.07) is 4.90. The quantitative estimate of drug-likeness (QED) is 0.353. The molecule has 0 spiro atoms. The van der Waals surface area contributed by atoms with Gasteiger partial charge in [0.25, 0.3) is 0 Å². The Balaban J connectivity index is 1.89. The van der Waals surface area contributed by atoms with Crippen molar-refractivity contribution < 1.29 is 21.9 Å². The van der Waals surface area contributed by atoms with Gasteiger partial charge in [-0.1, -0.05) is 51.0 Å². The molecule has 0 N–H and O–H groups in total. The molecule has 0 bridgehead atoms. The lowest BCUT2D eigenvalue weighted by Crippen LogP contribution is -2.16. The molecule has 1 aromatic rings. The molecular formula is C20H31O5PS. The van der Waals surface area contributed by atoms with Crippen molar-refractivity contribution in [2.24, 2.45) is 5.92 Å². The first-order valence-electron chi connectivity index (χ1n) is 9.91. The number of aryl methyl sites for hydroxylation is 1. The van der Waals surface area contributed by atoms with Crippen LogP contribution in [0.3, 0.4) is 0 Å². The molecule has 1 aliphatic carbocycles. The summed E-state index contributed by atoms with van der Waals surface area (Å²) in [5.74, 6) is 1.07. The Kier molecular flexibility index (Phi) is 9.20. The van der Waals surface area contributed by atoms with Gasteiger partial charge in [-0.2, -0.15) is 8.42 Å². The van der Waals surface area contributed by atoms with Crippen LogP contribution in [0.5, 0.6) is 5.75 Å². The standard InChI is InChI=1S/C20H31O5PS/c1-3-24-19-14-16(2)12-13-20(19)27(22,23)25-15-18(26-21)11-7-10-17-8-5-4-6-9-17/h12-14,17-18H,3-11,15H2,1-2H3. The monoisotopic (exact) mass is 414 g/mol. The van der Waals surface area contributed by atoms with Crippen LogP contribution < -0.4 is 4.74 Å². The number of rotatable bonds is 11. The van der Waals surface area contributed by atoms with Gasteiger partial charge in [-0.05, 0) is 43.9 Å². The minimum Gasteiger partial charge on any atom is -0.492 e. The molecule has 1 saturated carbocycles. The Labute approximate surface area is 165 Å². The summed E-state index contributed by atoms with van der Waals surface area (Å²) in [5, 5.41) is 0. The van der Waals surface area contributed by atoms with Crippen molar-refractivity contribution in [1.82, 2.24) is 0 Å². The fourth-order valence-electron chi connectivity index (χ4n) is 3.61. The summed E-state index contributed by atoms with van der Waals surface area (Å²) in [4.78, 5) is 0.0264. The maximum atomic E-state index is 12.6. The molecule has 1 fully saturated rings. The maximum absolute atomic E-state index is 12.6. The summed E-state index contributed by atoms with van der Waals surface area (Å²) in [7, 11) is -4.01. The Bertz CT molecular complexity index is 698. The van der Waals surface area contributed by atoms with E-state index in [-0.39, 0.29) is 25.6 Å². The predicted molar refractivity (Wildman–Crippen MR) is 107 cm³/mol. The molecule has 0 amide bonds. The van der Waals surface area contributed by atoms with Gasteiger partial charge in [0.1, 0.15) is 10.6 Å². The number of ether oxygens (including phenoxy) is 1. The first kappa shape index (κ1) is 22.3. The average molecular weight is 415 g/mol. The molecule has 1 atom stereocenters. The molecule has 5 nitrogen and oxygen atoms in total. The second kappa shape index (κ2) is 11.1. The van der Waals surface area contributed by atoms with Gasteiger partial charge in [-0.3, -0.25) is 8.75 Å². The van der Waals surface area contributed by atoms with Gasteiger partial charge >= 0.3 is 10.1 Å². The highest BCUT2D eigenvalue weighted by Crippen LogP contribution is 2.30. The van der Waals surface area contributed by atoms with Crippen LogP contribution in [-0.2, 0) is 18.9 Å². The highest BCUT2D eigenvalue weighted by molar-refractivity contribution is 7.86. The van der Waals surface area contributed by atoms with E-state index in [9.17, 15) is 13.0 Å². The maximum Gasteiger partial charge on any atom is 0.300 e. The molecule has 152 valence electrons. The van der Waals surface area contributed by atoms with Crippen molar-refractivity contribution in [3.8, 4) is 5.75 Å². The number of hydrogen-bond acceptors (Lipinski definition) is 5. The van der Waals surface area contributed by atoms with E-state index in [1.54, 1.807) is 19.1 Å². The van der Waals surface area contributed by atoms with E-state index in [2.05, 4.69) is 0 Å². The summed E-state index contributed by atoms with van der Waals surface area (Å²) < 4.78 is 47.3. The summed E-state index contributed by atoms with van der Waals surface area (Å²) in [6.45, 7) is 3.98. The van der Waals surface area contributed by atoms with Gasteiger partial charge in [-0.15, -0.1) is 0 Å². The molecule has 1 aliphatic rings. The second-order valence-electron chi connectivity index (χ2n) is 7.32. The van der Waals surface area contributed by atoms with Crippen molar-refractivity contribution in [2.75, 3.05) is 13.2 Å². The van der Waals surface area contributed by atoms with Crippen molar-refractivity contribution in [3.63, 3.8) is 0 Å². The normalized spacial score (nSPS) is 17.1. The van der Waals surface area contributed by atoms with Gasteiger partial charge in [0, 0.05) is 0 Å². The van der Waals surface area contributed by atoms with E-state index < -0.39 is 10.1 Å². The SMILES string of the molecule is CCOc1cc(C)ccc1S(=O)(=O)OCC(CCCC1CCCCC1)P=O. The number of benzene rings is 1. The first-order chi connectivity index (χ1) is 13.0. The molecule has 0 heterocycles. The Morgan fingerprint density at radius 1 is 1.22 bits per heavy atom. The molecule has 0 aliphatic heterocycles. The fraction of sp³-hybridized carbons (Fsp3) is 0.700. The lowest BCUT2D eigenvalue weighted by Gasteiger charge is -2.21. The van der Waals surface area contributed by atoms with Gasteiger partial charge in [0.05, 0.1) is 18.9 Å². The van der Waals surface area contributed by atoms with Gasteiger partial charge in [0.2, 0.25) is 0 Å². The third-order valence-electron chi connectivity index (χ3n) is 5.11. The van der Waals surface area contributed by atoms with Crippen LogP contribution in [0.1, 0.15) is 63.9 Å². The van der Waals surface area contributed by atoms with Gasteiger partial charge in [-0.25, -0.2) is 0 Å². The molecular weight excluding hydrogens is 383 g/mol. The Morgan fingerprint density at radius 3 is 2.63 bits per heavy atom. The Morgan fingerprint density at radius 2 is 1.96 bits per heavy atom. The van der Waals surface area contributed by atoms with Crippen LogP contribution >= 0.6 is 8.46 Å².